The van der Waals surface area contributed by atoms with Crippen LogP contribution in [0.1, 0.15) is 10.5 Å². The van der Waals surface area contributed by atoms with Crippen LogP contribution in [0.4, 0.5) is 0 Å². The minimum atomic E-state index is -0.862. The van der Waals surface area contributed by atoms with Crippen molar-refractivity contribution in [1.29, 1.82) is 0 Å². The van der Waals surface area contributed by atoms with Crippen LogP contribution in [-0.4, -0.2) is 34.1 Å². The number of rotatable bonds is 3. The highest BCUT2D eigenvalue weighted by molar-refractivity contribution is 5.94. The monoisotopic (exact) mass is 364 g/mol. The Morgan fingerprint density at radius 2 is 1.74 bits per heavy atom. The average Bonchev–Trinajstić information content (AvgIpc) is 3.22. The molecule has 0 aliphatic carbocycles. The molecule has 1 aromatic heterocycles. The zero-order chi connectivity index (χ0) is 18.6. The molecule has 0 radical (unpaired) electrons. The number of imidazole rings is 1. The molecule has 0 saturated carbocycles. The normalized spacial score (nSPS) is 15.0. The Bertz CT molecular complexity index is 971. The third kappa shape index (κ3) is 3.45. The largest absolute Gasteiger partial charge is 0.485 e. The lowest BCUT2D eigenvalue weighted by Gasteiger charge is -2.25. The number of hydrogen-bond donors (Lipinski definition) is 2. The summed E-state index contributed by atoms with van der Waals surface area (Å²) < 4.78 is 12.7. The van der Waals surface area contributed by atoms with E-state index in [-0.39, 0.29) is 12.3 Å². The summed E-state index contributed by atoms with van der Waals surface area (Å²) in [6.45, 7) is 0.0562. The topological polar surface area (TPSA) is 94.5 Å². The second kappa shape index (κ2) is 7.20. The van der Waals surface area contributed by atoms with Crippen molar-refractivity contribution in [1.82, 2.24) is 20.4 Å². The van der Waals surface area contributed by atoms with E-state index in [2.05, 4.69) is 15.8 Å². The van der Waals surface area contributed by atoms with Gasteiger partial charge in [-0.1, -0.05) is 30.3 Å². The quantitative estimate of drug-likeness (QED) is 0.687. The Morgan fingerprint density at radius 3 is 2.56 bits per heavy atom. The third-order valence-electron chi connectivity index (χ3n) is 4.01. The number of ether oxygens (including phenoxy) is 2. The first-order valence-electron chi connectivity index (χ1n) is 8.29. The fraction of sp³-hybridized carbons (Fsp3) is 0.105. The van der Waals surface area contributed by atoms with E-state index in [0.29, 0.717) is 11.5 Å². The molecule has 8 heteroatoms. The zero-order valence-corrected chi connectivity index (χ0v) is 14.2. The van der Waals surface area contributed by atoms with Gasteiger partial charge in [-0.15, -0.1) is 0 Å². The molecule has 2 amide bonds. The summed E-state index contributed by atoms with van der Waals surface area (Å²) in [6.07, 6.45) is 2.09. The van der Waals surface area contributed by atoms with Crippen molar-refractivity contribution in [2.45, 2.75) is 6.10 Å². The molecule has 4 rings (SSSR count). The predicted octanol–water partition coefficient (Wildman–Crippen LogP) is 1.47. The maximum Gasteiger partial charge on any atom is 0.288 e. The summed E-state index contributed by atoms with van der Waals surface area (Å²) in [5.41, 5.74) is 5.82. The highest BCUT2D eigenvalue weighted by Gasteiger charge is 2.27. The van der Waals surface area contributed by atoms with Gasteiger partial charge in [0.1, 0.15) is 12.3 Å². The zero-order valence-electron chi connectivity index (χ0n) is 14.2. The molecule has 3 aromatic rings. The van der Waals surface area contributed by atoms with Gasteiger partial charge < -0.3 is 9.47 Å². The molecular weight excluding hydrogens is 348 g/mol. The van der Waals surface area contributed by atoms with Crippen LogP contribution in [-0.2, 0) is 4.79 Å². The smallest absolute Gasteiger partial charge is 0.288 e. The van der Waals surface area contributed by atoms with Crippen LogP contribution in [0, 0.1) is 0 Å². The Hall–Kier alpha value is -3.81. The van der Waals surface area contributed by atoms with Crippen LogP contribution in [0.25, 0.3) is 5.69 Å². The Labute approximate surface area is 154 Å². The fourth-order valence-electron chi connectivity index (χ4n) is 2.67. The van der Waals surface area contributed by atoms with Crippen LogP contribution in [0.2, 0.25) is 0 Å². The lowest BCUT2D eigenvalue weighted by Crippen LogP contribution is -2.51. The fourth-order valence-corrected chi connectivity index (χ4v) is 2.67. The SMILES string of the molecule is O=C(NNC(=O)[C@H]1COc2ccccc2O1)c1cncn1-c1ccccc1. The molecular formula is C19H16N4O4. The maximum absolute atomic E-state index is 12.4. The first-order chi connectivity index (χ1) is 13.2. The Balaban J connectivity index is 1.39. The molecule has 0 saturated heterocycles. The van der Waals surface area contributed by atoms with Gasteiger partial charge in [-0.25, -0.2) is 4.98 Å². The summed E-state index contributed by atoms with van der Waals surface area (Å²) in [4.78, 5) is 28.7. The van der Waals surface area contributed by atoms with Gasteiger partial charge in [0.05, 0.1) is 12.5 Å². The number of para-hydroxylation sites is 3. The molecule has 1 aliphatic heterocycles. The number of hydrogen-bond acceptors (Lipinski definition) is 5. The maximum atomic E-state index is 12.4. The summed E-state index contributed by atoms with van der Waals surface area (Å²) in [5.74, 6) is 0.0557. The highest BCUT2D eigenvalue weighted by Crippen LogP contribution is 2.30. The summed E-state index contributed by atoms with van der Waals surface area (Å²) in [7, 11) is 0. The number of benzene rings is 2. The number of amides is 2. The van der Waals surface area contributed by atoms with Gasteiger partial charge in [0.2, 0.25) is 6.10 Å². The van der Waals surface area contributed by atoms with Crippen molar-refractivity contribution in [2.75, 3.05) is 6.61 Å². The molecule has 0 fully saturated rings. The number of hydrazine groups is 1. The van der Waals surface area contributed by atoms with Crippen molar-refractivity contribution in [2.24, 2.45) is 0 Å². The van der Waals surface area contributed by atoms with Crippen LogP contribution in [0.5, 0.6) is 11.5 Å². The number of nitrogens with one attached hydrogen (secondary N) is 2. The first-order valence-corrected chi connectivity index (χ1v) is 8.29. The molecule has 0 unspecified atom stereocenters. The minimum absolute atomic E-state index is 0.0562. The van der Waals surface area contributed by atoms with E-state index in [9.17, 15) is 9.59 Å². The van der Waals surface area contributed by atoms with Crippen LogP contribution < -0.4 is 20.3 Å². The minimum Gasteiger partial charge on any atom is -0.485 e. The van der Waals surface area contributed by atoms with Crippen LogP contribution in [0.3, 0.4) is 0 Å². The van der Waals surface area contributed by atoms with Crippen LogP contribution >= 0.6 is 0 Å². The van der Waals surface area contributed by atoms with Crippen LogP contribution in [0.15, 0.2) is 67.1 Å². The summed E-state index contributed by atoms with van der Waals surface area (Å²) >= 11 is 0. The molecule has 1 atom stereocenters. The highest BCUT2D eigenvalue weighted by atomic mass is 16.6. The van der Waals surface area contributed by atoms with Gasteiger partial charge in [-0.3, -0.25) is 25.0 Å². The van der Waals surface area contributed by atoms with E-state index < -0.39 is 17.9 Å². The standard InChI is InChI=1S/C19H16N4O4/c24-18(14-10-20-12-23(14)13-6-2-1-3-7-13)21-22-19(25)17-11-26-15-8-4-5-9-16(15)27-17/h1-10,12,17H,11H2,(H,21,24)(H,22,25)/t17-/m1/s1. The van der Waals surface area contributed by atoms with E-state index in [1.165, 1.54) is 12.5 Å². The van der Waals surface area contributed by atoms with Crippen molar-refractivity contribution in [3.63, 3.8) is 0 Å². The van der Waals surface area contributed by atoms with E-state index in [0.717, 1.165) is 5.69 Å². The van der Waals surface area contributed by atoms with Gasteiger partial charge in [-0.05, 0) is 24.3 Å². The van der Waals surface area contributed by atoms with Crippen molar-refractivity contribution < 1.29 is 19.1 Å². The second-order valence-electron chi connectivity index (χ2n) is 5.79. The molecule has 2 heterocycles. The molecule has 1 aliphatic rings. The second-order valence-corrected chi connectivity index (χ2v) is 5.79. The van der Waals surface area contributed by atoms with Gasteiger partial charge >= 0.3 is 0 Å². The van der Waals surface area contributed by atoms with E-state index in [1.54, 1.807) is 22.8 Å². The van der Waals surface area contributed by atoms with Crippen molar-refractivity contribution >= 4 is 11.8 Å². The van der Waals surface area contributed by atoms with Gasteiger partial charge in [0.25, 0.3) is 11.8 Å². The summed E-state index contributed by atoms with van der Waals surface area (Å²) in [6, 6.07) is 16.4. The van der Waals surface area contributed by atoms with Gasteiger partial charge in [0, 0.05) is 5.69 Å². The van der Waals surface area contributed by atoms with E-state index in [4.69, 9.17) is 9.47 Å². The molecule has 136 valence electrons. The molecule has 27 heavy (non-hydrogen) atoms. The molecule has 0 spiro atoms. The number of aromatic nitrogens is 2. The lowest BCUT2D eigenvalue weighted by atomic mass is 10.2. The first kappa shape index (κ1) is 16.6. The number of nitrogens with zero attached hydrogens (tertiary/aromatic N) is 2. The summed E-state index contributed by atoms with van der Waals surface area (Å²) in [5, 5.41) is 0. The molecule has 0 bridgehead atoms. The van der Waals surface area contributed by atoms with E-state index in [1.807, 2.05) is 36.4 Å². The number of carbonyl (C=O) groups is 2. The Kier molecular flexibility index (Phi) is 4.44. The number of fused-ring (bicyclic) bond motifs is 1. The van der Waals surface area contributed by atoms with Crippen molar-refractivity contribution in [3.05, 3.63) is 72.8 Å². The molecule has 2 N–H and O–H groups in total. The predicted molar refractivity (Wildman–Crippen MR) is 95.5 cm³/mol. The van der Waals surface area contributed by atoms with Gasteiger partial charge in [0.15, 0.2) is 11.5 Å². The molecule has 2 aromatic carbocycles. The lowest BCUT2D eigenvalue weighted by molar-refractivity contribution is -0.131. The number of carbonyl (C=O) groups excluding carboxylic acids is 2. The average molecular weight is 364 g/mol. The van der Waals surface area contributed by atoms with Gasteiger partial charge in [-0.2, -0.15) is 0 Å². The molecule has 8 nitrogen and oxygen atoms in total. The third-order valence-corrected chi connectivity index (χ3v) is 4.01. The Morgan fingerprint density at radius 1 is 1.00 bits per heavy atom. The van der Waals surface area contributed by atoms with E-state index >= 15 is 0 Å². The van der Waals surface area contributed by atoms with Crippen molar-refractivity contribution in [3.8, 4) is 17.2 Å².